The van der Waals surface area contributed by atoms with Crippen molar-refractivity contribution < 1.29 is 4.74 Å². The molecule has 0 unspecified atom stereocenters. The Morgan fingerprint density at radius 1 is 1.25 bits per heavy atom. The molecule has 0 aromatic carbocycles. The summed E-state index contributed by atoms with van der Waals surface area (Å²) in [7, 11) is 1.61. The van der Waals surface area contributed by atoms with Gasteiger partial charge in [0, 0.05) is 42.6 Å². The summed E-state index contributed by atoms with van der Waals surface area (Å²) in [5.41, 5.74) is 3.29. The van der Waals surface area contributed by atoms with Crippen LogP contribution in [0.4, 0.5) is 5.82 Å². The van der Waals surface area contributed by atoms with Crippen LogP contribution in [-0.4, -0.2) is 40.1 Å². The van der Waals surface area contributed by atoms with E-state index in [4.69, 9.17) is 4.74 Å². The average Bonchev–Trinajstić information content (AvgIpc) is 3.05. The fourth-order valence-electron chi connectivity index (χ4n) is 3.51. The number of fused-ring (bicyclic) bond motifs is 1. The van der Waals surface area contributed by atoms with E-state index >= 15 is 0 Å². The summed E-state index contributed by atoms with van der Waals surface area (Å²) in [6, 6.07) is 6.62. The summed E-state index contributed by atoms with van der Waals surface area (Å²) in [6.45, 7) is 3.94. The van der Waals surface area contributed by atoms with E-state index < -0.39 is 0 Å². The van der Waals surface area contributed by atoms with Gasteiger partial charge in [0.25, 0.3) is 0 Å². The zero-order valence-corrected chi connectivity index (χ0v) is 14.0. The fraction of sp³-hybridized carbons (Fsp3) is 0.389. The number of aromatic amines is 1. The maximum atomic E-state index is 5.19. The zero-order chi connectivity index (χ0) is 16.5. The number of H-pyrrole nitrogens is 1. The SMILES string of the molecule is COc1nc(C)cc(N2CCC(c3c[nH]c4ncccc34)CC2)n1. The third-order valence-electron chi connectivity index (χ3n) is 4.74. The second-order valence-electron chi connectivity index (χ2n) is 6.26. The second-order valence-corrected chi connectivity index (χ2v) is 6.26. The number of methoxy groups -OCH3 is 1. The highest BCUT2D eigenvalue weighted by Crippen LogP contribution is 2.33. The van der Waals surface area contributed by atoms with Crippen LogP contribution in [0, 0.1) is 6.92 Å². The van der Waals surface area contributed by atoms with Crippen LogP contribution in [0.2, 0.25) is 0 Å². The molecule has 1 saturated heterocycles. The van der Waals surface area contributed by atoms with Gasteiger partial charge in [0.1, 0.15) is 11.5 Å². The van der Waals surface area contributed by atoms with Crippen LogP contribution < -0.4 is 9.64 Å². The predicted octanol–water partition coefficient (Wildman–Crippen LogP) is 3.05. The van der Waals surface area contributed by atoms with Gasteiger partial charge in [-0.2, -0.15) is 4.98 Å². The largest absolute Gasteiger partial charge is 0.467 e. The molecule has 6 nitrogen and oxygen atoms in total. The van der Waals surface area contributed by atoms with Gasteiger partial charge in [0.05, 0.1) is 7.11 Å². The maximum absolute atomic E-state index is 5.19. The van der Waals surface area contributed by atoms with E-state index in [1.165, 1.54) is 10.9 Å². The number of pyridine rings is 1. The molecule has 3 aromatic rings. The van der Waals surface area contributed by atoms with Crippen LogP contribution in [0.5, 0.6) is 6.01 Å². The lowest BCUT2D eigenvalue weighted by Gasteiger charge is -2.32. The molecule has 124 valence electrons. The van der Waals surface area contributed by atoms with E-state index in [1.54, 1.807) is 7.11 Å². The first-order valence-corrected chi connectivity index (χ1v) is 8.31. The van der Waals surface area contributed by atoms with E-state index in [1.807, 2.05) is 25.3 Å². The van der Waals surface area contributed by atoms with E-state index in [-0.39, 0.29) is 0 Å². The molecule has 1 N–H and O–H groups in total. The van der Waals surface area contributed by atoms with Crippen molar-refractivity contribution in [2.75, 3.05) is 25.1 Å². The van der Waals surface area contributed by atoms with Gasteiger partial charge in [0.2, 0.25) is 0 Å². The van der Waals surface area contributed by atoms with Gasteiger partial charge in [-0.15, -0.1) is 0 Å². The highest BCUT2D eigenvalue weighted by Gasteiger charge is 2.24. The number of rotatable bonds is 3. The first-order chi connectivity index (χ1) is 11.7. The zero-order valence-electron chi connectivity index (χ0n) is 14.0. The number of hydrogen-bond donors (Lipinski definition) is 1. The van der Waals surface area contributed by atoms with Gasteiger partial charge in [0.15, 0.2) is 0 Å². The van der Waals surface area contributed by atoms with Gasteiger partial charge in [-0.05, 0) is 43.4 Å². The van der Waals surface area contributed by atoms with Gasteiger partial charge in [-0.3, -0.25) is 0 Å². The molecule has 1 aliphatic heterocycles. The number of aryl methyl sites for hydroxylation is 1. The Hall–Kier alpha value is -2.63. The lowest BCUT2D eigenvalue weighted by atomic mass is 9.89. The van der Waals surface area contributed by atoms with Crippen molar-refractivity contribution in [1.29, 1.82) is 0 Å². The summed E-state index contributed by atoms with van der Waals surface area (Å²) in [4.78, 5) is 18.8. The Bertz CT molecular complexity index is 851. The van der Waals surface area contributed by atoms with Crippen molar-refractivity contribution in [1.82, 2.24) is 19.9 Å². The normalized spacial score (nSPS) is 15.8. The summed E-state index contributed by atoms with van der Waals surface area (Å²) in [5.74, 6) is 1.52. The smallest absolute Gasteiger partial charge is 0.318 e. The number of nitrogens with one attached hydrogen (secondary N) is 1. The Kier molecular flexibility index (Phi) is 3.80. The summed E-state index contributed by atoms with van der Waals surface area (Å²) >= 11 is 0. The molecule has 6 heteroatoms. The molecular weight excluding hydrogens is 302 g/mol. The molecule has 4 heterocycles. The highest BCUT2D eigenvalue weighted by molar-refractivity contribution is 5.80. The third-order valence-corrected chi connectivity index (χ3v) is 4.74. The van der Waals surface area contributed by atoms with E-state index in [0.29, 0.717) is 11.9 Å². The molecule has 0 bridgehead atoms. The standard InChI is InChI=1S/C18H21N5O/c1-12-10-16(22-18(21-12)24-2)23-8-5-13(6-9-23)15-11-20-17-14(15)4-3-7-19-17/h3-4,7,10-11,13H,5-6,8-9H2,1-2H3,(H,19,20). The quantitative estimate of drug-likeness (QED) is 0.802. The van der Waals surface area contributed by atoms with Crippen LogP contribution in [0.15, 0.2) is 30.6 Å². The lowest BCUT2D eigenvalue weighted by Crippen LogP contribution is -2.33. The molecule has 0 spiro atoms. The maximum Gasteiger partial charge on any atom is 0.318 e. The van der Waals surface area contributed by atoms with Gasteiger partial charge >= 0.3 is 6.01 Å². The number of ether oxygens (including phenoxy) is 1. The van der Waals surface area contributed by atoms with Crippen LogP contribution in [0.1, 0.15) is 30.0 Å². The topological polar surface area (TPSA) is 66.9 Å². The van der Waals surface area contributed by atoms with E-state index in [2.05, 4.69) is 37.1 Å². The Labute approximate surface area is 140 Å². The lowest BCUT2D eigenvalue weighted by molar-refractivity contribution is 0.378. The molecule has 3 aromatic heterocycles. The van der Waals surface area contributed by atoms with E-state index in [0.717, 1.165) is 43.1 Å². The Balaban J connectivity index is 1.52. The first-order valence-electron chi connectivity index (χ1n) is 8.31. The molecular formula is C18H21N5O. The molecule has 24 heavy (non-hydrogen) atoms. The molecule has 0 saturated carbocycles. The minimum absolute atomic E-state index is 0.440. The molecule has 0 atom stereocenters. The fourth-order valence-corrected chi connectivity index (χ4v) is 3.51. The summed E-state index contributed by atoms with van der Waals surface area (Å²) in [6.07, 6.45) is 6.16. The van der Waals surface area contributed by atoms with Crippen molar-refractivity contribution in [2.45, 2.75) is 25.7 Å². The number of nitrogens with zero attached hydrogens (tertiary/aromatic N) is 4. The molecule has 0 amide bonds. The average molecular weight is 323 g/mol. The number of aromatic nitrogens is 4. The molecule has 1 fully saturated rings. The number of anilines is 1. The first kappa shape index (κ1) is 14.9. The predicted molar refractivity (Wildman–Crippen MR) is 93.6 cm³/mol. The monoisotopic (exact) mass is 323 g/mol. The van der Waals surface area contributed by atoms with Crippen molar-refractivity contribution in [3.63, 3.8) is 0 Å². The van der Waals surface area contributed by atoms with Crippen molar-refractivity contribution in [3.8, 4) is 6.01 Å². The van der Waals surface area contributed by atoms with Crippen LogP contribution in [0.25, 0.3) is 11.0 Å². The minimum Gasteiger partial charge on any atom is -0.467 e. The minimum atomic E-state index is 0.440. The Morgan fingerprint density at radius 3 is 2.88 bits per heavy atom. The van der Waals surface area contributed by atoms with Crippen molar-refractivity contribution in [2.24, 2.45) is 0 Å². The summed E-state index contributed by atoms with van der Waals surface area (Å²) in [5, 5.41) is 1.25. The molecule has 0 aliphatic carbocycles. The molecule has 4 rings (SSSR count). The van der Waals surface area contributed by atoms with Crippen LogP contribution in [-0.2, 0) is 0 Å². The van der Waals surface area contributed by atoms with E-state index in [9.17, 15) is 0 Å². The second kappa shape index (κ2) is 6.11. The molecule has 0 radical (unpaired) electrons. The van der Waals surface area contributed by atoms with Crippen LogP contribution >= 0.6 is 0 Å². The van der Waals surface area contributed by atoms with Gasteiger partial charge in [-0.1, -0.05) is 0 Å². The Morgan fingerprint density at radius 2 is 2.08 bits per heavy atom. The van der Waals surface area contributed by atoms with Gasteiger partial charge < -0.3 is 14.6 Å². The van der Waals surface area contributed by atoms with Crippen LogP contribution in [0.3, 0.4) is 0 Å². The van der Waals surface area contributed by atoms with Crippen molar-refractivity contribution in [3.05, 3.63) is 41.9 Å². The highest BCUT2D eigenvalue weighted by atomic mass is 16.5. The number of piperidine rings is 1. The van der Waals surface area contributed by atoms with Gasteiger partial charge in [-0.25, -0.2) is 9.97 Å². The number of hydrogen-bond acceptors (Lipinski definition) is 5. The molecule has 1 aliphatic rings. The summed E-state index contributed by atoms with van der Waals surface area (Å²) < 4.78 is 5.19. The van der Waals surface area contributed by atoms with Crippen molar-refractivity contribution >= 4 is 16.9 Å². The third kappa shape index (κ3) is 2.68.